The van der Waals surface area contributed by atoms with Gasteiger partial charge >= 0.3 is 5.91 Å². The molecule has 0 unspecified atom stereocenters. The summed E-state index contributed by atoms with van der Waals surface area (Å²) < 4.78 is 17.6. The fourth-order valence-electron chi connectivity index (χ4n) is 3.87. The van der Waals surface area contributed by atoms with E-state index in [2.05, 4.69) is 10.7 Å². The molecule has 0 spiro atoms. The smallest absolute Gasteiger partial charge is 0.304 e. The average Bonchev–Trinajstić information content (AvgIpc) is 3.18. The summed E-state index contributed by atoms with van der Waals surface area (Å²) in [4.78, 5) is 26.0. The SMILES string of the molecule is COc1ccc(C(=O)N[C@H]2C(=O)N/[N+](=C\c3ccccc3OC)[C@H]2c2ccc(OC)cc2)cc1. The van der Waals surface area contributed by atoms with Crippen LogP contribution in [0.5, 0.6) is 17.2 Å². The quantitative estimate of drug-likeness (QED) is 0.530. The van der Waals surface area contributed by atoms with Crippen molar-refractivity contribution in [3.63, 3.8) is 0 Å². The van der Waals surface area contributed by atoms with Crippen LogP contribution in [0.4, 0.5) is 0 Å². The summed E-state index contributed by atoms with van der Waals surface area (Å²) in [6.07, 6.45) is 1.80. The Hall–Kier alpha value is -4.33. The molecule has 34 heavy (non-hydrogen) atoms. The van der Waals surface area contributed by atoms with Crippen LogP contribution in [0.25, 0.3) is 0 Å². The Kier molecular flexibility index (Phi) is 6.77. The van der Waals surface area contributed by atoms with Gasteiger partial charge in [0.1, 0.15) is 17.2 Å². The van der Waals surface area contributed by atoms with Crippen molar-refractivity contribution in [2.45, 2.75) is 12.1 Å². The number of hydrogen-bond acceptors (Lipinski definition) is 5. The number of amides is 2. The van der Waals surface area contributed by atoms with E-state index in [9.17, 15) is 9.59 Å². The van der Waals surface area contributed by atoms with Gasteiger partial charge in [-0.3, -0.25) is 9.59 Å². The van der Waals surface area contributed by atoms with Gasteiger partial charge in [-0.1, -0.05) is 12.1 Å². The van der Waals surface area contributed by atoms with Gasteiger partial charge in [-0.25, -0.2) is 0 Å². The number of hydrogen-bond donors (Lipinski definition) is 2. The predicted molar refractivity (Wildman–Crippen MR) is 127 cm³/mol. The fourth-order valence-corrected chi connectivity index (χ4v) is 3.87. The van der Waals surface area contributed by atoms with Crippen molar-refractivity contribution < 1.29 is 28.5 Å². The zero-order valence-corrected chi connectivity index (χ0v) is 19.1. The summed E-state index contributed by atoms with van der Waals surface area (Å²) in [5.41, 5.74) is 4.91. The van der Waals surface area contributed by atoms with Gasteiger partial charge in [0.2, 0.25) is 12.3 Å². The Morgan fingerprint density at radius 1 is 0.882 bits per heavy atom. The molecule has 2 atom stereocenters. The second-order valence-electron chi connectivity index (χ2n) is 7.65. The highest BCUT2D eigenvalue weighted by Gasteiger charge is 2.48. The highest BCUT2D eigenvalue weighted by Crippen LogP contribution is 2.28. The summed E-state index contributed by atoms with van der Waals surface area (Å²) in [5, 5.41) is 2.89. The topological polar surface area (TPSA) is 88.9 Å². The first kappa shape index (κ1) is 22.8. The largest absolute Gasteiger partial charge is 0.497 e. The van der Waals surface area contributed by atoms with Crippen molar-refractivity contribution >= 4 is 18.0 Å². The summed E-state index contributed by atoms with van der Waals surface area (Å²) in [6, 6.07) is 20.2. The third kappa shape index (κ3) is 4.71. The van der Waals surface area contributed by atoms with E-state index in [1.165, 1.54) is 0 Å². The molecular weight excluding hydrogens is 434 g/mol. The van der Waals surface area contributed by atoms with Crippen molar-refractivity contribution in [2.24, 2.45) is 0 Å². The monoisotopic (exact) mass is 460 g/mol. The minimum absolute atomic E-state index is 0.325. The molecule has 8 nitrogen and oxygen atoms in total. The molecule has 8 heteroatoms. The zero-order valence-electron chi connectivity index (χ0n) is 19.1. The number of nitrogens with zero attached hydrogens (tertiary/aromatic N) is 1. The van der Waals surface area contributed by atoms with Crippen LogP contribution >= 0.6 is 0 Å². The van der Waals surface area contributed by atoms with E-state index >= 15 is 0 Å². The third-order valence-electron chi connectivity index (χ3n) is 5.65. The summed E-state index contributed by atoms with van der Waals surface area (Å²) in [6.45, 7) is 0. The van der Waals surface area contributed by atoms with Crippen molar-refractivity contribution in [3.8, 4) is 17.2 Å². The van der Waals surface area contributed by atoms with Crippen LogP contribution in [-0.4, -0.2) is 50.1 Å². The van der Waals surface area contributed by atoms with E-state index in [4.69, 9.17) is 14.2 Å². The van der Waals surface area contributed by atoms with Gasteiger partial charge in [-0.15, -0.1) is 10.1 Å². The molecule has 1 aliphatic rings. The van der Waals surface area contributed by atoms with Crippen LogP contribution in [0.1, 0.15) is 27.5 Å². The number of hydrazone groups is 1. The first-order valence-electron chi connectivity index (χ1n) is 10.7. The van der Waals surface area contributed by atoms with Gasteiger partial charge in [0, 0.05) is 11.1 Å². The minimum Gasteiger partial charge on any atom is -0.497 e. The fraction of sp³-hybridized carbons (Fsp3) is 0.192. The van der Waals surface area contributed by atoms with Crippen LogP contribution in [0.2, 0.25) is 0 Å². The Balaban J connectivity index is 1.70. The summed E-state index contributed by atoms with van der Waals surface area (Å²) in [7, 11) is 4.74. The number of benzene rings is 3. The highest BCUT2D eigenvalue weighted by molar-refractivity contribution is 5.98. The lowest BCUT2D eigenvalue weighted by atomic mass is 9.99. The van der Waals surface area contributed by atoms with Gasteiger partial charge in [0.25, 0.3) is 5.91 Å². The number of rotatable bonds is 7. The number of carbonyl (C=O) groups is 2. The Morgan fingerprint density at radius 3 is 2.12 bits per heavy atom. The van der Waals surface area contributed by atoms with Gasteiger partial charge < -0.3 is 19.5 Å². The van der Waals surface area contributed by atoms with E-state index < -0.39 is 12.1 Å². The van der Waals surface area contributed by atoms with Crippen LogP contribution in [0.15, 0.2) is 72.8 Å². The maximum Gasteiger partial charge on any atom is 0.304 e. The van der Waals surface area contributed by atoms with Crippen molar-refractivity contribution in [3.05, 3.63) is 89.5 Å². The Morgan fingerprint density at radius 2 is 1.50 bits per heavy atom. The molecule has 4 rings (SSSR count). The third-order valence-corrected chi connectivity index (χ3v) is 5.65. The van der Waals surface area contributed by atoms with Crippen molar-refractivity contribution in [1.82, 2.24) is 10.7 Å². The lowest BCUT2D eigenvalue weighted by Gasteiger charge is -2.15. The molecule has 1 fully saturated rings. The zero-order chi connectivity index (χ0) is 24.1. The first-order valence-corrected chi connectivity index (χ1v) is 10.7. The second-order valence-corrected chi connectivity index (χ2v) is 7.65. The molecule has 0 radical (unpaired) electrons. The van der Waals surface area contributed by atoms with Gasteiger partial charge in [0.05, 0.1) is 26.9 Å². The first-order chi connectivity index (χ1) is 16.5. The number of para-hydroxylation sites is 1. The molecule has 2 amide bonds. The van der Waals surface area contributed by atoms with E-state index in [0.29, 0.717) is 22.8 Å². The van der Waals surface area contributed by atoms with E-state index in [1.54, 1.807) is 56.5 Å². The van der Waals surface area contributed by atoms with Gasteiger partial charge in [-0.2, -0.15) is 0 Å². The van der Waals surface area contributed by atoms with Gasteiger partial charge in [0.15, 0.2) is 6.04 Å². The van der Waals surface area contributed by atoms with Crippen molar-refractivity contribution in [1.29, 1.82) is 0 Å². The highest BCUT2D eigenvalue weighted by atomic mass is 16.5. The molecule has 3 aromatic rings. The number of nitrogens with one attached hydrogen (secondary N) is 2. The summed E-state index contributed by atoms with van der Waals surface area (Å²) >= 11 is 0. The molecule has 1 heterocycles. The number of methoxy groups -OCH3 is 3. The lowest BCUT2D eigenvalue weighted by Crippen LogP contribution is -2.42. The maximum absolute atomic E-state index is 13.0. The molecular formula is C26H26N3O5+. The Labute approximate surface area is 197 Å². The van der Waals surface area contributed by atoms with E-state index in [-0.39, 0.29) is 11.8 Å². The minimum atomic E-state index is -0.839. The van der Waals surface area contributed by atoms with Crippen LogP contribution in [0.3, 0.4) is 0 Å². The average molecular weight is 461 g/mol. The Bertz CT molecular complexity index is 1210. The molecule has 1 saturated heterocycles. The molecule has 0 aliphatic carbocycles. The van der Waals surface area contributed by atoms with E-state index in [1.807, 2.05) is 48.5 Å². The van der Waals surface area contributed by atoms with Crippen LogP contribution in [-0.2, 0) is 4.79 Å². The van der Waals surface area contributed by atoms with Crippen molar-refractivity contribution in [2.75, 3.05) is 21.3 Å². The normalized spacial score (nSPS) is 18.3. The predicted octanol–water partition coefficient (Wildman–Crippen LogP) is 2.73. The van der Waals surface area contributed by atoms with Gasteiger partial charge in [-0.05, 0) is 60.7 Å². The molecule has 3 aromatic carbocycles. The molecule has 0 aromatic heterocycles. The molecule has 1 aliphatic heterocycles. The molecule has 174 valence electrons. The van der Waals surface area contributed by atoms with Crippen LogP contribution in [0, 0.1) is 0 Å². The molecule has 0 bridgehead atoms. The molecule has 0 saturated carbocycles. The molecule has 2 N–H and O–H groups in total. The van der Waals surface area contributed by atoms with Crippen LogP contribution < -0.4 is 25.0 Å². The number of carbonyl (C=O) groups excluding carboxylic acids is 2. The number of ether oxygens (including phenoxy) is 3. The number of hydrazine groups is 1. The second kappa shape index (κ2) is 10.1. The standard InChI is InChI=1S/C26H25N3O5/c1-32-20-12-8-17(9-13-20)24-23(27-25(30)18-10-14-21(33-2)15-11-18)26(31)28-29(24)16-19-6-4-5-7-22(19)34-3/h4-16,23-24H,1-3H3,(H-,27,28,30,31)/p+1/b29-16-/t23-,24+/m1/s1. The maximum atomic E-state index is 13.0. The summed E-state index contributed by atoms with van der Waals surface area (Å²) in [5.74, 6) is 1.31. The van der Waals surface area contributed by atoms with E-state index in [0.717, 1.165) is 11.1 Å². The lowest BCUT2D eigenvalue weighted by molar-refractivity contribution is -0.596.